The van der Waals surface area contributed by atoms with Crippen LogP contribution in [0.15, 0.2) is 47.5 Å². The van der Waals surface area contributed by atoms with Crippen molar-refractivity contribution < 1.29 is 41.8 Å². The van der Waals surface area contributed by atoms with Crippen LogP contribution < -0.4 is 4.72 Å². The molecule has 12 nitrogen and oxygen atoms in total. The first-order valence-corrected chi connectivity index (χ1v) is 15.8. The number of nitrogens with one attached hydrogen (secondary N) is 1. The highest BCUT2D eigenvalue weighted by Gasteiger charge is 2.38. The van der Waals surface area contributed by atoms with E-state index in [0.717, 1.165) is 10.8 Å². The minimum atomic E-state index is -4.21. The predicted molar refractivity (Wildman–Crippen MR) is 169 cm³/mol. The lowest BCUT2D eigenvalue weighted by atomic mass is 10.1. The molecule has 1 N–H and O–H groups in total. The van der Waals surface area contributed by atoms with Crippen molar-refractivity contribution >= 4 is 74.0 Å². The van der Waals surface area contributed by atoms with Crippen molar-refractivity contribution in [2.45, 2.75) is 84.0 Å². The fraction of sp³-hybridized carbons (Fsp3) is 0.400. The molecule has 0 saturated carbocycles. The van der Waals surface area contributed by atoms with Crippen LogP contribution in [0.3, 0.4) is 0 Å². The number of nitrogens with zero attached hydrogens (tertiary/aromatic N) is 2. The van der Waals surface area contributed by atoms with E-state index in [-0.39, 0.29) is 42.0 Å². The van der Waals surface area contributed by atoms with Gasteiger partial charge in [0.25, 0.3) is 15.9 Å². The van der Waals surface area contributed by atoms with Gasteiger partial charge in [0, 0.05) is 21.6 Å². The number of aromatic nitrogens is 1. The van der Waals surface area contributed by atoms with Gasteiger partial charge in [0.05, 0.1) is 21.7 Å². The fourth-order valence-corrected chi connectivity index (χ4v) is 5.57. The Morgan fingerprint density at radius 3 is 1.71 bits per heavy atom. The lowest BCUT2D eigenvalue weighted by Crippen LogP contribution is -2.46. The molecule has 15 heteroatoms. The molecule has 0 saturated heterocycles. The number of ether oxygens (including phenoxy) is 3. The minimum absolute atomic E-state index is 0.00311. The first kappa shape index (κ1) is 35.7. The van der Waals surface area contributed by atoms with E-state index in [1.165, 1.54) is 36.4 Å². The molecular weight excluding hydrogens is 649 g/mol. The second-order valence-electron chi connectivity index (χ2n) is 12.9. The van der Waals surface area contributed by atoms with Gasteiger partial charge in [-0.3, -0.25) is 14.1 Å². The SMILES string of the molecule is CC(C)(C)OC(=O)N(C(=O)OC(C)(C)C)C(=O)c1cn(C(=O)OC(C)(C)C)c2cc(NS(=O)(=O)c3cc(Cl)cc(Cl)c3)ccc12. The van der Waals surface area contributed by atoms with Crippen LogP contribution in [0.1, 0.15) is 72.7 Å². The summed E-state index contributed by atoms with van der Waals surface area (Å²) in [5.41, 5.74) is -3.38. The molecule has 0 atom stereocenters. The van der Waals surface area contributed by atoms with Gasteiger partial charge in [-0.25, -0.2) is 22.8 Å². The summed E-state index contributed by atoms with van der Waals surface area (Å²) >= 11 is 12.0. The van der Waals surface area contributed by atoms with E-state index in [4.69, 9.17) is 37.4 Å². The lowest BCUT2D eigenvalue weighted by molar-refractivity contribution is 0.00399. The third-order valence-corrected chi connectivity index (χ3v) is 7.18. The van der Waals surface area contributed by atoms with Crippen LogP contribution >= 0.6 is 23.2 Å². The van der Waals surface area contributed by atoms with Gasteiger partial charge in [0.1, 0.15) is 16.8 Å². The summed E-state index contributed by atoms with van der Waals surface area (Å²) in [7, 11) is -4.21. The summed E-state index contributed by atoms with van der Waals surface area (Å²) in [6.07, 6.45) is -2.44. The van der Waals surface area contributed by atoms with Crippen LogP contribution in [0.4, 0.5) is 20.1 Å². The van der Waals surface area contributed by atoms with Crippen LogP contribution in [0.5, 0.6) is 0 Å². The van der Waals surface area contributed by atoms with Crippen molar-refractivity contribution in [3.63, 3.8) is 0 Å². The smallest absolute Gasteiger partial charge is 0.427 e. The van der Waals surface area contributed by atoms with Gasteiger partial charge in [-0.1, -0.05) is 23.2 Å². The molecular formula is C30H35Cl2N3O9S. The summed E-state index contributed by atoms with van der Waals surface area (Å²) < 4.78 is 45.8. The van der Waals surface area contributed by atoms with Gasteiger partial charge in [0.15, 0.2) is 0 Å². The van der Waals surface area contributed by atoms with Crippen molar-refractivity contribution in [1.82, 2.24) is 9.47 Å². The highest BCUT2D eigenvalue weighted by Crippen LogP contribution is 2.30. The molecule has 0 aliphatic heterocycles. The maximum Gasteiger partial charge on any atom is 0.427 e. The lowest BCUT2D eigenvalue weighted by Gasteiger charge is -2.27. The number of halogens is 2. The molecule has 1 aromatic heterocycles. The summed E-state index contributed by atoms with van der Waals surface area (Å²) in [4.78, 5) is 53.5. The van der Waals surface area contributed by atoms with Gasteiger partial charge >= 0.3 is 18.3 Å². The Kier molecular flexibility index (Phi) is 9.93. The highest BCUT2D eigenvalue weighted by molar-refractivity contribution is 7.92. The zero-order valence-electron chi connectivity index (χ0n) is 26.3. The van der Waals surface area contributed by atoms with E-state index in [9.17, 15) is 27.6 Å². The number of carbonyl (C=O) groups is 4. The van der Waals surface area contributed by atoms with Gasteiger partial charge < -0.3 is 14.2 Å². The van der Waals surface area contributed by atoms with E-state index in [1.54, 1.807) is 62.3 Å². The first-order valence-electron chi connectivity index (χ1n) is 13.5. The minimum Gasteiger partial charge on any atom is -0.443 e. The molecule has 244 valence electrons. The van der Waals surface area contributed by atoms with Gasteiger partial charge in [-0.15, -0.1) is 4.90 Å². The summed E-state index contributed by atoms with van der Waals surface area (Å²) in [6, 6.07) is 7.73. The fourth-order valence-electron chi connectivity index (χ4n) is 3.80. The molecule has 0 unspecified atom stereocenters. The number of sulfonamides is 1. The number of benzene rings is 2. The number of carbonyl (C=O) groups excluding carboxylic acids is 4. The van der Waals surface area contributed by atoms with E-state index in [2.05, 4.69) is 4.72 Å². The van der Waals surface area contributed by atoms with E-state index < -0.39 is 51.0 Å². The molecule has 3 amide bonds. The summed E-state index contributed by atoms with van der Waals surface area (Å²) in [6.45, 7) is 14.2. The molecule has 0 radical (unpaired) electrons. The van der Waals surface area contributed by atoms with E-state index in [0.29, 0.717) is 0 Å². The molecule has 1 heterocycles. The quantitative estimate of drug-likeness (QED) is 0.271. The predicted octanol–water partition coefficient (Wildman–Crippen LogP) is 7.84. The highest BCUT2D eigenvalue weighted by atomic mass is 35.5. The number of amides is 3. The number of hydrogen-bond acceptors (Lipinski definition) is 9. The third kappa shape index (κ3) is 9.35. The Bertz CT molecular complexity index is 1730. The van der Waals surface area contributed by atoms with Crippen LogP contribution in [-0.2, 0) is 24.2 Å². The van der Waals surface area contributed by atoms with Gasteiger partial charge in [-0.05, 0) is 98.7 Å². The van der Waals surface area contributed by atoms with Crippen LogP contribution in [0.2, 0.25) is 10.0 Å². The molecule has 3 aromatic rings. The average Bonchev–Trinajstić information content (AvgIpc) is 3.19. The Hall–Kier alpha value is -3.81. The number of hydrogen-bond donors (Lipinski definition) is 1. The zero-order valence-corrected chi connectivity index (χ0v) is 28.6. The molecule has 2 aromatic carbocycles. The molecule has 0 bridgehead atoms. The van der Waals surface area contributed by atoms with E-state index in [1.807, 2.05) is 0 Å². The summed E-state index contributed by atoms with van der Waals surface area (Å²) in [5.74, 6) is -1.16. The Balaban J connectivity index is 2.19. The largest absolute Gasteiger partial charge is 0.443 e. The Morgan fingerprint density at radius 2 is 1.24 bits per heavy atom. The number of rotatable bonds is 4. The maximum atomic E-state index is 13.9. The molecule has 0 aliphatic carbocycles. The van der Waals surface area contributed by atoms with Crippen molar-refractivity contribution in [2.75, 3.05) is 4.72 Å². The topological polar surface area (TPSA) is 150 Å². The molecule has 0 fully saturated rings. The summed E-state index contributed by atoms with van der Waals surface area (Å²) in [5, 5.41) is 0.274. The van der Waals surface area contributed by atoms with Gasteiger partial charge in [0.2, 0.25) is 0 Å². The number of fused-ring (bicyclic) bond motifs is 1. The van der Waals surface area contributed by atoms with Crippen LogP contribution in [0, 0.1) is 0 Å². The van der Waals surface area contributed by atoms with E-state index >= 15 is 0 Å². The van der Waals surface area contributed by atoms with Crippen molar-refractivity contribution in [1.29, 1.82) is 0 Å². The van der Waals surface area contributed by atoms with Gasteiger partial charge in [-0.2, -0.15) is 0 Å². The first-order chi connectivity index (χ1) is 20.4. The second kappa shape index (κ2) is 12.5. The van der Waals surface area contributed by atoms with Crippen molar-refractivity contribution in [2.24, 2.45) is 0 Å². The average molecular weight is 685 g/mol. The third-order valence-electron chi connectivity index (χ3n) is 5.38. The molecule has 0 spiro atoms. The Morgan fingerprint density at radius 1 is 0.756 bits per heavy atom. The number of anilines is 1. The van der Waals surface area contributed by atoms with Crippen molar-refractivity contribution in [3.05, 3.63) is 58.2 Å². The number of imide groups is 3. The molecule has 0 aliphatic rings. The second-order valence-corrected chi connectivity index (χ2v) is 15.5. The van der Waals surface area contributed by atoms with Crippen molar-refractivity contribution in [3.8, 4) is 0 Å². The van der Waals surface area contributed by atoms with Crippen LogP contribution in [0.25, 0.3) is 10.9 Å². The molecule has 45 heavy (non-hydrogen) atoms. The molecule has 3 rings (SSSR count). The van der Waals surface area contributed by atoms with Crippen LogP contribution in [-0.4, -0.2) is 58.9 Å². The maximum absolute atomic E-state index is 13.9. The standard InChI is InChI=1S/C30H35Cl2N3O9S/c1-28(2,3)42-25(37)34-16-22(24(36)35(26(38)43-29(4,5)6)27(39)44-30(7,8)9)21-11-10-19(15-23(21)34)33-45(40,41)20-13-17(31)12-18(32)14-20/h10-16,33H,1-9H3. The normalized spacial score (nSPS) is 12.4. The zero-order chi connectivity index (χ0) is 34.3. The Labute approximate surface area is 271 Å². The monoisotopic (exact) mass is 683 g/mol.